The van der Waals surface area contributed by atoms with E-state index in [-0.39, 0.29) is 0 Å². The summed E-state index contributed by atoms with van der Waals surface area (Å²) in [4.78, 5) is 0. The zero-order chi connectivity index (χ0) is 10.6. The van der Waals surface area contributed by atoms with E-state index < -0.39 is 6.10 Å². The molecule has 0 saturated carbocycles. The van der Waals surface area contributed by atoms with Crippen LogP contribution in [-0.2, 0) is 0 Å². The summed E-state index contributed by atoms with van der Waals surface area (Å²) < 4.78 is 0. The van der Waals surface area contributed by atoms with Crippen molar-refractivity contribution in [3.8, 4) is 0 Å². The fourth-order valence-electron chi connectivity index (χ4n) is 1.30. The number of aliphatic hydroxyl groups excluding tert-OH is 1. The van der Waals surface area contributed by atoms with Gasteiger partial charge >= 0.3 is 0 Å². The van der Waals surface area contributed by atoms with Gasteiger partial charge in [-0.1, -0.05) is 37.6 Å². The highest BCUT2D eigenvalue weighted by Crippen LogP contribution is 2.13. The molecule has 0 heterocycles. The molecule has 75 valence electrons. The summed E-state index contributed by atoms with van der Waals surface area (Å²) in [6.45, 7) is 5.58. The third kappa shape index (κ3) is 2.67. The van der Waals surface area contributed by atoms with Crippen molar-refractivity contribution in [3.63, 3.8) is 0 Å². The molecular weight excluding hydrogens is 174 g/mol. The first kappa shape index (κ1) is 10.9. The number of hydrogen-bond acceptors (Lipinski definition) is 2. The van der Waals surface area contributed by atoms with Gasteiger partial charge in [0.15, 0.2) is 0 Å². The molecule has 0 spiro atoms. The molecule has 1 atom stereocenters. The number of hydrogen-bond donors (Lipinski definition) is 2. The van der Waals surface area contributed by atoms with Gasteiger partial charge in [-0.05, 0) is 24.5 Å². The molecule has 0 saturated heterocycles. The molecule has 0 amide bonds. The third-order valence-corrected chi connectivity index (χ3v) is 2.14. The molecule has 1 rings (SSSR count). The lowest BCUT2D eigenvalue weighted by Crippen LogP contribution is -1.99. The summed E-state index contributed by atoms with van der Waals surface area (Å²) in [7, 11) is 0. The maximum atomic E-state index is 9.19. The molecule has 2 nitrogen and oxygen atoms in total. The van der Waals surface area contributed by atoms with E-state index in [1.807, 2.05) is 24.3 Å². The standard InChI is InChI=1S/C12H16NO/c1-3-4-12(13)11-7-5-10(6-8-11)9(2)14/h5-9,13-14H,2-4H2,1H3. The van der Waals surface area contributed by atoms with Gasteiger partial charge in [-0.2, -0.15) is 0 Å². The molecule has 1 aromatic carbocycles. The Hall–Kier alpha value is -1.15. The van der Waals surface area contributed by atoms with Crippen molar-refractivity contribution in [2.24, 2.45) is 0 Å². The summed E-state index contributed by atoms with van der Waals surface area (Å²) in [6, 6.07) is 7.36. The molecule has 1 aromatic rings. The van der Waals surface area contributed by atoms with Gasteiger partial charge in [0.1, 0.15) is 0 Å². The van der Waals surface area contributed by atoms with Gasteiger partial charge in [0.05, 0.1) is 6.10 Å². The molecule has 0 aliphatic carbocycles. The Balaban J connectivity index is 2.78. The fourth-order valence-corrected chi connectivity index (χ4v) is 1.30. The highest BCUT2D eigenvalue weighted by atomic mass is 16.3. The monoisotopic (exact) mass is 190 g/mol. The molecule has 0 fully saturated rings. The Morgan fingerprint density at radius 3 is 2.43 bits per heavy atom. The van der Waals surface area contributed by atoms with E-state index in [9.17, 15) is 5.11 Å². The first-order chi connectivity index (χ1) is 6.65. The molecular formula is C12H16NO. The van der Waals surface area contributed by atoms with Crippen LogP contribution >= 0.6 is 0 Å². The third-order valence-electron chi connectivity index (χ3n) is 2.14. The normalized spacial score (nSPS) is 12.5. The quantitative estimate of drug-likeness (QED) is 0.704. The largest absolute Gasteiger partial charge is 0.388 e. The highest BCUT2D eigenvalue weighted by Gasteiger charge is 2.02. The SMILES string of the molecule is [CH2]C(O)c1ccc(C(=N)CCC)cc1. The topological polar surface area (TPSA) is 44.1 Å². The fraction of sp³-hybridized carbons (Fsp3) is 0.333. The van der Waals surface area contributed by atoms with E-state index in [0.717, 1.165) is 24.0 Å². The summed E-state index contributed by atoms with van der Waals surface area (Å²) in [5.74, 6) is 0. The van der Waals surface area contributed by atoms with Crippen LogP contribution in [0.15, 0.2) is 24.3 Å². The van der Waals surface area contributed by atoms with Crippen molar-refractivity contribution in [1.82, 2.24) is 0 Å². The lowest BCUT2D eigenvalue weighted by molar-refractivity contribution is 0.226. The first-order valence-corrected chi connectivity index (χ1v) is 4.84. The molecule has 0 bridgehead atoms. The Labute approximate surface area is 85.1 Å². The van der Waals surface area contributed by atoms with Gasteiger partial charge in [-0.3, -0.25) is 0 Å². The molecule has 0 aromatic heterocycles. The van der Waals surface area contributed by atoms with Crippen molar-refractivity contribution < 1.29 is 5.11 Å². The van der Waals surface area contributed by atoms with Crippen LogP contribution in [0, 0.1) is 12.3 Å². The van der Waals surface area contributed by atoms with Crippen LogP contribution in [0.3, 0.4) is 0 Å². The number of benzene rings is 1. The second-order valence-corrected chi connectivity index (χ2v) is 3.37. The minimum absolute atomic E-state index is 0.651. The van der Waals surface area contributed by atoms with Crippen LogP contribution < -0.4 is 0 Å². The van der Waals surface area contributed by atoms with Crippen LogP contribution in [0.25, 0.3) is 0 Å². The zero-order valence-corrected chi connectivity index (χ0v) is 8.46. The minimum atomic E-state index is -0.676. The highest BCUT2D eigenvalue weighted by molar-refractivity contribution is 5.98. The van der Waals surface area contributed by atoms with Crippen LogP contribution in [0.4, 0.5) is 0 Å². The summed E-state index contributed by atoms with van der Waals surface area (Å²) in [6.07, 6.45) is 1.11. The van der Waals surface area contributed by atoms with E-state index in [0.29, 0.717) is 5.71 Å². The molecule has 1 unspecified atom stereocenters. The molecule has 0 aliphatic heterocycles. The smallest absolute Gasteiger partial charge is 0.0791 e. The predicted molar refractivity (Wildman–Crippen MR) is 58.5 cm³/mol. The molecule has 14 heavy (non-hydrogen) atoms. The maximum Gasteiger partial charge on any atom is 0.0791 e. The van der Waals surface area contributed by atoms with Crippen LogP contribution in [0.2, 0.25) is 0 Å². The van der Waals surface area contributed by atoms with Crippen molar-refractivity contribution in [1.29, 1.82) is 5.41 Å². The Bertz CT molecular complexity index is 301. The zero-order valence-electron chi connectivity index (χ0n) is 8.46. The average Bonchev–Trinajstić information content (AvgIpc) is 2.18. The lowest BCUT2D eigenvalue weighted by Gasteiger charge is -2.06. The van der Waals surface area contributed by atoms with Crippen LogP contribution in [0.5, 0.6) is 0 Å². The maximum absolute atomic E-state index is 9.19. The van der Waals surface area contributed by atoms with Crippen molar-refractivity contribution in [2.45, 2.75) is 25.9 Å². The van der Waals surface area contributed by atoms with Crippen LogP contribution in [-0.4, -0.2) is 10.8 Å². The van der Waals surface area contributed by atoms with Gasteiger partial charge in [0.2, 0.25) is 0 Å². The van der Waals surface area contributed by atoms with Crippen molar-refractivity contribution in [2.75, 3.05) is 0 Å². The van der Waals surface area contributed by atoms with Gasteiger partial charge in [-0.15, -0.1) is 0 Å². The van der Waals surface area contributed by atoms with E-state index in [4.69, 9.17) is 5.41 Å². The molecule has 1 radical (unpaired) electrons. The second kappa shape index (κ2) is 4.91. The van der Waals surface area contributed by atoms with Gasteiger partial charge in [0, 0.05) is 5.71 Å². The van der Waals surface area contributed by atoms with E-state index >= 15 is 0 Å². The van der Waals surface area contributed by atoms with Gasteiger partial charge < -0.3 is 10.5 Å². The Morgan fingerprint density at radius 1 is 1.43 bits per heavy atom. The number of aliphatic hydroxyl groups is 1. The minimum Gasteiger partial charge on any atom is -0.388 e. The van der Waals surface area contributed by atoms with Gasteiger partial charge in [-0.25, -0.2) is 0 Å². The summed E-state index contributed by atoms with van der Waals surface area (Å²) in [5, 5.41) is 16.9. The van der Waals surface area contributed by atoms with Gasteiger partial charge in [0.25, 0.3) is 0 Å². The number of rotatable bonds is 4. The van der Waals surface area contributed by atoms with Crippen molar-refractivity contribution in [3.05, 3.63) is 42.3 Å². The van der Waals surface area contributed by atoms with Crippen LogP contribution in [0.1, 0.15) is 37.0 Å². The molecule has 2 heteroatoms. The molecule has 0 aliphatic rings. The predicted octanol–water partition coefficient (Wildman–Crippen LogP) is 2.72. The number of nitrogens with one attached hydrogen (secondary N) is 1. The second-order valence-electron chi connectivity index (χ2n) is 3.37. The van der Waals surface area contributed by atoms with E-state index in [1.165, 1.54) is 0 Å². The average molecular weight is 190 g/mol. The first-order valence-electron chi connectivity index (χ1n) is 4.84. The van der Waals surface area contributed by atoms with E-state index in [1.54, 1.807) is 0 Å². The summed E-state index contributed by atoms with van der Waals surface area (Å²) >= 11 is 0. The lowest BCUT2D eigenvalue weighted by atomic mass is 10.0. The summed E-state index contributed by atoms with van der Waals surface area (Å²) in [5.41, 5.74) is 2.37. The Morgan fingerprint density at radius 2 is 2.00 bits per heavy atom. The Kier molecular flexibility index (Phi) is 3.84. The molecule has 2 N–H and O–H groups in total. The van der Waals surface area contributed by atoms with E-state index in [2.05, 4.69) is 13.8 Å². The van der Waals surface area contributed by atoms with Crippen molar-refractivity contribution >= 4 is 5.71 Å².